The SMILES string of the molecule is Cc1cccc(NCC(=O)Nc2cccc(Cl)c2Cl)c1. The summed E-state index contributed by atoms with van der Waals surface area (Å²) in [6.45, 7) is 2.16. The van der Waals surface area contributed by atoms with Crippen LogP contribution in [0.1, 0.15) is 5.56 Å². The average Bonchev–Trinajstić information content (AvgIpc) is 2.42. The predicted molar refractivity (Wildman–Crippen MR) is 84.8 cm³/mol. The van der Waals surface area contributed by atoms with Gasteiger partial charge in [-0.05, 0) is 36.8 Å². The lowest BCUT2D eigenvalue weighted by atomic mass is 10.2. The first kappa shape index (κ1) is 14.7. The van der Waals surface area contributed by atoms with E-state index in [9.17, 15) is 4.79 Å². The number of anilines is 2. The minimum absolute atomic E-state index is 0.159. The lowest BCUT2D eigenvalue weighted by Gasteiger charge is -2.10. The topological polar surface area (TPSA) is 41.1 Å². The van der Waals surface area contributed by atoms with Crippen molar-refractivity contribution < 1.29 is 4.79 Å². The molecule has 0 spiro atoms. The summed E-state index contributed by atoms with van der Waals surface area (Å²) in [5.41, 5.74) is 2.54. The number of rotatable bonds is 4. The minimum atomic E-state index is -0.185. The molecule has 0 fully saturated rings. The van der Waals surface area contributed by atoms with E-state index in [1.165, 1.54) is 0 Å². The Morgan fingerprint density at radius 3 is 2.65 bits per heavy atom. The lowest BCUT2D eigenvalue weighted by molar-refractivity contribution is -0.114. The molecule has 5 heteroatoms. The summed E-state index contributed by atoms with van der Waals surface area (Å²) < 4.78 is 0. The molecule has 0 unspecified atom stereocenters. The number of hydrogen-bond acceptors (Lipinski definition) is 2. The average molecular weight is 309 g/mol. The van der Waals surface area contributed by atoms with Gasteiger partial charge in [0.05, 0.1) is 22.3 Å². The van der Waals surface area contributed by atoms with Gasteiger partial charge >= 0.3 is 0 Å². The van der Waals surface area contributed by atoms with Crippen LogP contribution in [-0.4, -0.2) is 12.5 Å². The summed E-state index contributed by atoms with van der Waals surface area (Å²) in [6.07, 6.45) is 0. The van der Waals surface area contributed by atoms with E-state index in [-0.39, 0.29) is 12.5 Å². The Labute approximate surface area is 127 Å². The Morgan fingerprint density at radius 1 is 1.15 bits per heavy atom. The van der Waals surface area contributed by atoms with Crippen LogP contribution in [0.15, 0.2) is 42.5 Å². The number of carbonyl (C=O) groups is 1. The number of carbonyl (C=O) groups excluding carboxylic acids is 1. The van der Waals surface area contributed by atoms with Crippen LogP contribution in [0.3, 0.4) is 0 Å². The molecule has 1 amide bonds. The summed E-state index contributed by atoms with van der Waals surface area (Å²) in [6, 6.07) is 12.9. The highest BCUT2D eigenvalue weighted by atomic mass is 35.5. The Morgan fingerprint density at radius 2 is 1.90 bits per heavy atom. The zero-order chi connectivity index (χ0) is 14.5. The van der Waals surface area contributed by atoms with Crippen molar-refractivity contribution in [2.45, 2.75) is 6.92 Å². The van der Waals surface area contributed by atoms with Crippen molar-refractivity contribution in [2.24, 2.45) is 0 Å². The molecular weight excluding hydrogens is 295 g/mol. The summed E-state index contributed by atoms with van der Waals surface area (Å²) in [4.78, 5) is 11.9. The maximum atomic E-state index is 11.9. The summed E-state index contributed by atoms with van der Waals surface area (Å²) in [5, 5.41) is 6.53. The van der Waals surface area contributed by atoms with E-state index in [1.807, 2.05) is 31.2 Å². The zero-order valence-corrected chi connectivity index (χ0v) is 12.4. The maximum absolute atomic E-state index is 11.9. The summed E-state index contributed by atoms with van der Waals surface area (Å²) in [5.74, 6) is -0.185. The van der Waals surface area contributed by atoms with Crippen LogP contribution < -0.4 is 10.6 Å². The van der Waals surface area contributed by atoms with Gasteiger partial charge in [-0.1, -0.05) is 41.4 Å². The monoisotopic (exact) mass is 308 g/mol. The van der Waals surface area contributed by atoms with Crippen LogP contribution in [0.2, 0.25) is 10.0 Å². The second kappa shape index (κ2) is 6.64. The molecule has 0 saturated carbocycles. The van der Waals surface area contributed by atoms with Gasteiger partial charge in [0.15, 0.2) is 0 Å². The lowest BCUT2D eigenvalue weighted by Crippen LogP contribution is -2.21. The van der Waals surface area contributed by atoms with Crippen molar-refractivity contribution in [2.75, 3.05) is 17.2 Å². The number of amides is 1. The molecule has 0 aromatic heterocycles. The van der Waals surface area contributed by atoms with Crippen molar-refractivity contribution >= 4 is 40.5 Å². The van der Waals surface area contributed by atoms with E-state index < -0.39 is 0 Å². The van der Waals surface area contributed by atoms with Gasteiger partial charge < -0.3 is 10.6 Å². The highest BCUT2D eigenvalue weighted by Crippen LogP contribution is 2.29. The number of hydrogen-bond donors (Lipinski definition) is 2. The molecule has 0 atom stereocenters. The van der Waals surface area contributed by atoms with Crippen molar-refractivity contribution in [3.05, 3.63) is 58.1 Å². The van der Waals surface area contributed by atoms with Gasteiger partial charge in [0.25, 0.3) is 0 Å². The first-order valence-electron chi connectivity index (χ1n) is 6.10. The second-order valence-electron chi connectivity index (χ2n) is 4.37. The fraction of sp³-hybridized carbons (Fsp3) is 0.133. The molecular formula is C15H14Cl2N2O. The molecule has 0 heterocycles. The molecule has 3 nitrogen and oxygen atoms in total. The van der Waals surface area contributed by atoms with Gasteiger partial charge in [0.1, 0.15) is 0 Å². The Balaban J connectivity index is 1.94. The molecule has 20 heavy (non-hydrogen) atoms. The third-order valence-electron chi connectivity index (χ3n) is 2.70. The van der Waals surface area contributed by atoms with E-state index in [4.69, 9.17) is 23.2 Å². The smallest absolute Gasteiger partial charge is 0.243 e. The third-order valence-corrected chi connectivity index (χ3v) is 3.52. The van der Waals surface area contributed by atoms with Gasteiger partial charge in [-0.15, -0.1) is 0 Å². The van der Waals surface area contributed by atoms with E-state index in [0.29, 0.717) is 15.7 Å². The predicted octanol–water partition coefficient (Wildman–Crippen LogP) is 4.35. The highest BCUT2D eigenvalue weighted by Gasteiger charge is 2.08. The number of benzene rings is 2. The van der Waals surface area contributed by atoms with Crippen molar-refractivity contribution in [3.63, 3.8) is 0 Å². The summed E-state index contributed by atoms with van der Waals surface area (Å²) >= 11 is 11.9. The maximum Gasteiger partial charge on any atom is 0.243 e. The van der Waals surface area contributed by atoms with Crippen molar-refractivity contribution in [1.82, 2.24) is 0 Å². The molecule has 2 rings (SSSR count). The third kappa shape index (κ3) is 3.89. The molecule has 0 aliphatic rings. The van der Waals surface area contributed by atoms with Gasteiger partial charge in [-0.25, -0.2) is 0 Å². The molecule has 0 bridgehead atoms. The van der Waals surface area contributed by atoms with E-state index in [2.05, 4.69) is 10.6 Å². The quantitative estimate of drug-likeness (QED) is 0.881. The molecule has 0 saturated heterocycles. The zero-order valence-electron chi connectivity index (χ0n) is 10.9. The number of nitrogens with one attached hydrogen (secondary N) is 2. The van der Waals surface area contributed by atoms with Crippen molar-refractivity contribution in [3.8, 4) is 0 Å². The molecule has 2 aromatic rings. The largest absolute Gasteiger partial charge is 0.376 e. The van der Waals surface area contributed by atoms with Crippen LogP contribution >= 0.6 is 23.2 Å². The number of aryl methyl sites for hydroxylation is 1. The van der Waals surface area contributed by atoms with Gasteiger partial charge in [-0.2, -0.15) is 0 Å². The first-order valence-corrected chi connectivity index (χ1v) is 6.86. The van der Waals surface area contributed by atoms with Gasteiger partial charge in [0, 0.05) is 5.69 Å². The number of halogens is 2. The Hall–Kier alpha value is -1.71. The Kier molecular flexibility index (Phi) is 4.88. The molecule has 104 valence electrons. The van der Waals surface area contributed by atoms with Crippen LogP contribution in [0.4, 0.5) is 11.4 Å². The highest BCUT2D eigenvalue weighted by molar-refractivity contribution is 6.44. The molecule has 2 N–H and O–H groups in total. The molecule has 2 aromatic carbocycles. The van der Waals surface area contributed by atoms with Crippen LogP contribution in [0, 0.1) is 6.92 Å². The van der Waals surface area contributed by atoms with E-state index >= 15 is 0 Å². The molecule has 0 radical (unpaired) electrons. The minimum Gasteiger partial charge on any atom is -0.376 e. The fourth-order valence-corrected chi connectivity index (χ4v) is 2.08. The van der Waals surface area contributed by atoms with Crippen LogP contribution in [0.25, 0.3) is 0 Å². The van der Waals surface area contributed by atoms with Gasteiger partial charge in [-0.3, -0.25) is 4.79 Å². The molecule has 0 aliphatic heterocycles. The Bertz CT molecular complexity index is 629. The second-order valence-corrected chi connectivity index (χ2v) is 5.16. The van der Waals surface area contributed by atoms with E-state index in [1.54, 1.807) is 18.2 Å². The van der Waals surface area contributed by atoms with Crippen LogP contribution in [0.5, 0.6) is 0 Å². The normalized spacial score (nSPS) is 10.2. The standard InChI is InChI=1S/C15H14Cl2N2O/c1-10-4-2-5-11(8-10)18-9-14(20)19-13-7-3-6-12(16)15(13)17/h2-8,18H,9H2,1H3,(H,19,20). The fourth-order valence-electron chi connectivity index (χ4n) is 1.73. The molecule has 0 aliphatic carbocycles. The van der Waals surface area contributed by atoms with E-state index in [0.717, 1.165) is 11.3 Å². The first-order chi connectivity index (χ1) is 9.56. The van der Waals surface area contributed by atoms with Crippen LogP contribution in [-0.2, 0) is 4.79 Å². The van der Waals surface area contributed by atoms with Crippen molar-refractivity contribution in [1.29, 1.82) is 0 Å². The summed E-state index contributed by atoms with van der Waals surface area (Å²) in [7, 11) is 0. The van der Waals surface area contributed by atoms with Gasteiger partial charge in [0.2, 0.25) is 5.91 Å².